The minimum atomic E-state index is 0.510. The van der Waals surface area contributed by atoms with Gasteiger partial charge in [0.25, 0.3) is 0 Å². The van der Waals surface area contributed by atoms with Crippen LogP contribution in [0.5, 0.6) is 0 Å². The molecule has 0 spiro atoms. The molecule has 0 radical (unpaired) electrons. The van der Waals surface area contributed by atoms with Gasteiger partial charge in [0.1, 0.15) is 0 Å². The maximum absolute atomic E-state index is 6.11. The number of halogens is 2. The van der Waals surface area contributed by atoms with E-state index < -0.39 is 0 Å². The summed E-state index contributed by atoms with van der Waals surface area (Å²) in [7, 11) is 3.92. The lowest BCUT2D eigenvalue weighted by atomic mass is 9.81. The van der Waals surface area contributed by atoms with Crippen molar-refractivity contribution < 1.29 is 4.74 Å². The first-order valence-corrected chi connectivity index (χ1v) is 7.00. The number of likely N-dealkylation sites (tertiary alicyclic amines) is 1. The molecule has 0 aromatic heterocycles. The van der Waals surface area contributed by atoms with Crippen LogP contribution in [0.3, 0.4) is 0 Å². The van der Waals surface area contributed by atoms with Crippen molar-refractivity contribution in [2.45, 2.75) is 12.3 Å². The van der Waals surface area contributed by atoms with Crippen LogP contribution in [0.25, 0.3) is 0 Å². The molecule has 100 valence electrons. The Balaban J connectivity index is 2.20. The van der Waals surface area contributed by atoms with Crippen molar-refractivity contribution in [3.8, 4) is 0 Å². The van der Waals surface area contributed by atoms with Gasteiger partial charge >= 0.3 is 0 Å². The van der Waals surface area contributed by atoms with E-state index >= 15 is 0 Å². The maximum Gasteiger partial charge on any atom is 0.0595 e. The second kappa shape index (κ2) is 6.25. The molecule has 1 aliphatic rings. The lowest BCUT2D eigenvalue weighted by Crippen LogP contribution is -2.39. The van der Waals surface area contributed by atoms with Gasteiger partial charge in [-0.2, -0.15) is 0 Å². The summed E-state index contributed by atoms with van der Waals surface area (Å²) in [6.45, 7) is 2.97. The van der Waals surface area contributed by atoms with Crippen LogP contribution in [0.15, 0.2) is 18.2 Å². The van der Waals surface area contributed by atoms with E-state index in [9.17, 15) is 0 Å². The predicted molar refractivity (Wildman–Crippen MR) is 76.7 cm³/mol. The van der Waals surface area contributed by atoms with Crippen LogP contribution in [-0.4, -0.2) is 38.8 Å². The molecule has 0 saturated carbocycles. The Morgan fingerprint density at radius 1 is 1.33 bits per heavy atom. The summed E-state index contributed by atoms with van der Waals surface area (Å²) < 4.78 is 5.35. The molecule has 1 aromatic carbocycles. The number of ether oxygens (including phenoxy) is 1. The van der Waals surface area contributed by atoms with Gasteiger partial charge in [-0.1, -0.05) is 29.3 Å². The number of rotatable bonds is 3. The highest BCUT2D eigenvalue weighted by Gasteiger charge is 2.29. The van der Waals surface area contributed by atoms with Gasteiger partial charge in [0, 0.05) is 19.6 Å². The standard InChI is InChI=1S/C14H19Cl2NO/c1-17-6-5-12(11(8-17)9-18-2)10-3-4-13(15)14(16)7-10/h3-4,7,11-12H,5-6,8-9H2,1-2H3/t11-,12-/m0/s1. The highest BCUT2D eigenvalue weighted by molar-refractivity contribution is 6.42. The van der Waals surface area contributed by atoms with Gasteiger partial charge in [0.2, 0.25) is 0 Å². The zero-order valence-electron chi connectivity index (χ0n) is 10.8. The molecule has 1 aromatic rings. The van der Waals surface area contributed by atoms with Crippen molar-refractivity contribution >= 4 is 23.2 Å². The fourth-order valence-corrected chi connectivity index (χ4v) is 3.09. The Labute approximate surface area is 119 Å². The minimum absolute atomic E-state index is 0.510. The molecule has 2 nitrogen and oxygen atoms in total. The van der Waals surface area contributed by atoms with E-state index in [4.69, 9.17) is 27.9 Å². The third kappa shape index (κ3) is 3.18. The predicted octanol–water partition coefficient (Wildman–Crippen LogP) is 3.68. The number of benzene rings is 1. The second-order valence-electron chi connectivity index (χ2n) is 5.05. The van der Waals surface area contributed by atoms with Gasteiger partial charge < -0.3 is 9.64 Å². The average Bonchev–Trinajstić information content (AvgIpc) is 2.34. The number of methoxy groups -OCH3 is 1. The van der Waals surface area contributed by atoms with Crippen molar-refractivity contribution in [1.29, 1.82) is 0 Å². The summed E-state index contributed by atoms with van der Waals surface area (Å²) in [5, 5.41) is 1.26. The Kier molecular flexibility index (Phi) is 4.91. The first-order valence-electron chi connectivity index (χ1n) is 6.24. The van der Waals surface area contributed by atoms with Crippen molar-refractivity contribution in [2.75, 3.05) is 33.9 Å². The number of hydrogen-bond acceptors (Lipinski definition) is 2. The van der Waals surface area contributed by atoms with Crippen LogP contribution < -0.4 is 0 Å². The third-order valence-electron chi connectivity index (χ3n) is 3.69. The van der Waals surface area contributed by atoms with Gasteiger partial charge in [-0.05, 0) is 43.6 Å². The summed E-state index contributed by atoms with van der Waals surface area (Å²) in [5.41, 5.74) is 1.28. The van der Waals surface area contributed by atoms with E-state index in [1.807, 2.05) is 12.1 Å². The topological polar surface area (TPSA) is 12.5 Å². The van der Waals surface area contributed by atoms with E-state index in [2.05, 4.69) is 18.0 Å². The fourth-order valence-electron chi connectivity index (χ4n) is 2.78. The molecule has 0 bridgehead atoms. The van der Waals surface area contributed by atoms with Crippen LogP contribution in [0.4, 0.5) is 0 Å². The Morgan fingerprint density at radius 2 is 2.11 bits per heavy atom. The third-order valence-corrected chi connectivity index (χ3v) is 4.43. The molecule has 4 heteroatoms. The molecule has 1 aliphatic heterocycles. The summed E-state index contributed by atoms with van der Waals surface area (Å²) in [5.74, 6) is 1.03. The SMILES string of the molecule is COC[C@@H]1CN(C)CC[C@H]1c1ccc(Cl)c(Cl)c1. The lowest BCUT2D eigenvalue weighted by molar-refractivity contribution is 0.0867. The minimum Gasteiger partial charge on any atom is -0.384 e. The van der Waals surface area contributed by atoms with Crippen molar-refractivity contribution in [3.63, 3.8) is 0 Å². The van der Waals surface area contributed by atoms with Crippen molar-refractivity contribution in [1.82, 2.24) is 4.90 Å². The molecule has 1 saturated heterocycles. The molecular weight excluding hydrogens is 269 g/mol. The lowest BCUT2D eigenvalue weighted by Gasteiger charge is -2.36. The van der Waals surface area contributed by atoms with E-state index in [1.165, 1.54) is 5.56 Å². The highest BCUT2D eigenvalue weighted by atomic mass is 35.5. The molecule has 0 N–H and O–H groups in total. The van der Waals surface area contributed by atoms with Gasteiger partial charge in [-0.15, -0.1) is 0 Å². The molecule has 0 amide bonds. The van der Waals surface area contributed by atoms with E-state index in [-0.39, 0.29) is 0 Å². The number of nitrogens with zero attached hydrogens (tertiary/aromatic N) is 1. The van der Waals surface area contributed by atoms with Crippen LogP contribution in [0, 0.1) is 5.92 Å². The smallest absolute Gasteiger partial charge is 0.0595 e. The average molecular weight is 288 g/mol. The zero-order chi connectivity index (χ0) is 13.1. The first kappa shape index (κ1) is 14.1. The molecule has 1 fully saturated rings. The summed E-state index contributed by atoms with van der Waals surface area (Å²) in [6.07, 6.45) is 1.14. The molecular formula is C14H19Cl2NO. The Hall–Kier alpha value is -0.280. The molecule has 2 rings (SSSR count). The fraction of sp³-hybridized carbons (Fsp3) is 0.571. The Bertz CT molecular complexity index is 411. The molecule has 18 heavy (non-hydrogen) atoms. The van der Waals surface area contributed by atoms with Crippen LogP contribution in [-0.2, 0) is 4.74 Å². The maximum atomic E-state index is 6.11. The molecule has 0 aliphatic carbocycles. The van der Waals surface area contributed by atoms with Crippen molar-refractivity contribution in [2.24, 2.45) is 5.92 Å². The summed E-state index contributed by atoms with van der Waals surface area (Å²) in [4.78, 5) is 2.36. The van der Waals surface area contributed by atoms with Crippen LogP contribution >= 0.6 is 23.2 Å². The number of hydrogen-bond donors (Lipinski definition) is 0. The van der Waals surface area contributed by atoms with Gasteiger partial charge in [0.15, 0.2) is 0 Å². The zero-order valence-corrected chi connectivity index (χ0v) is 12.3. The van der Waals surface area contributed by atoms with Crippen molar-refractivity contribution in [3.05, 3.63) is 33.8 Å². The number of piperidine rings is 1. The largest absolute Gasteiger partial charge is 0.384 e. The summed E-state index contributed by atoms with van der Waals surface area (Å²) in [6, 6.07) is 5.98. The normalized spacial score (nSPS) is 25.3. The Morgan fingerprint density at radius 3 is 2.78 bits per heavy atom. The first-order chi connectivity index (χ1) is 8.61. The van der Waals surface area contributed by atoms with E-state index in [1.54, 1.807) is 7.11 Å². The van der Waals surface area contributed by atoms with Gasteiger partial charge in [-0.25, -0.2) is 0 Å². The molecule has 1 heterocycles. The molecule has 2 atom stereocenters. The van der Waals surface area contributed by atoms with Crippen LogP contribution in [0.2, 0.25) is 10.0 Å². The monoisotopic (exact) mass is 287 g/mol. The second-order valence-corrected chi connectivity index (χ2v) is 5.86. The van der Waals surface area contributed by atoms with E-state index in [0.717, 1.165) is 26.1 Å². The quantitative estimate of drug-likeness (QED) is 0.841. The van der Waals surface area contributed by atoms with E-state index in [0.29, 0.717) is 21.9 Å². The van der Waals surface area contributed by atoms with Crippen LogP contribution in [0.1, 0.15) is 17.9 Å². The van der Waals surface area contributed by atoms with Gasteiger partial charge in [-0.3, -0.25) is 0 Å². The van der Waals surface area contributed by atoms with Gasteiger partial charge in [0.05, 0.1) is 16.7 Å². The molecule has 0 unspecified atom stereocenters. The highest BCUT2D eigenvalue weighted by Crippen LogP contribution is 2.35. The summed E-state index contributed by atoms with van der Waals surface area (Å²) >= 11 is 12.1.